The number of likely N-dealkylation sites (N-methyl/N-ethyl adjacent to an activating group) is 1. The van der Waals surface area contributed by atoms with Crippen LogP contribution in [0.2, 0.25) is 0 Å². The molecule has 7 heteroatoms. The Morgan fingerprint density at radius 1 is 1.20 bits per heavy atom. The molecule has 2 N–H and O–H groups in total. The lowest BCUT2D eigenvalue weighted by Crippen LogP contribution is -2.45. The number of hydrogen-bond acceptors (Lipinski definition) is 4. The topological polar surface area (TPSA) is 66.0 Å². The van der Waals surface area contributed by atoms with Gasteiger partial charge in [0, 0.05) is 32.6 Å². The summed E-state index contributed by atoms with van der Waals surface area (Å²) >= 11 is 0. The lowest BCUT2D eigenvalue weighted by atomic mass is 10.2. The molecule has 1 aliphatic heterocycles. The molecule has 2 fully saturated rings. The normalized spacial score (nSPS) is 21.8. The highest BCUT2D eigenvalue weighted by Gasteiger charge is 2.22. The maximum atomic E-state index is 11.8. The second kappa shape index (κ2) is 12.7. The van der Waals surface area contributed by atoms with Crippen molar-refractivity contribution in [2.45, 2.75) is 70.4 Å². The molecule has 1 saturated carbocycles. The van der Waals surface area contributed by atoms with Gasteiger partial charge in [0.05, 0.1) is 0 Å². The summed E-state index contributed by atoms with van der Waals surface area (Å²) in [6.07, 6.45) is 8.43. The molecule has 2 aliphatic rings. The summed E-state index contributed by atoms with van der Waals surface area (Å²) in [5.74, 6) is 0.762. The number of carbonyl (C=O) groups excluding carboxylic acids is 1. The summed E-state index contributed by atoms with van der Waals surface area (Å²) < 4.78 is 5.47. The van der Waals surface area contributed by atoms with Crippen LogP contribution >= 0.6 is 24.0 Å². The van der Waals surface area contributed by atoms with E-state index < -0.39 is 0 Å². The van der Waals surface area contributed by atoms with Crippen molar-refractivity contribution in [3.8, 4) is 0 Å². The summed E-state index contributed by atoms with van der Waals surface area (Å²) in [4.78, 5) is 18.6. The highest BCUT2D eigenvalue weighted by Crippen LogP contribution is 2.21. The van der Waals surface area contributed by atoms with Crippen molar-refractivity contribution in [1.82, 2.24) is 15.5 Å². The van der Waals surface area contributed by atoms with Gasteiger partial charge in [-0.15, -0.1) is 24.0 Å². The Morgan fingerprint density at radius 2 is 1.96 bits per heavy atom. The highest BCUT2D eigenvalue weighted by molar-refractivity contribution is 14.0. The molecule has 6 nitrogen and oxygen atoms in total. The average molecular weight is 466 g/mol. The lowest BCUT2D eigenvalue weighted by molar-refractivity contribution is -0.148. The van der Waals surface area contributed by atoms with Crippen LogP contribution in [0.4, 0.5) is 0 Å². The maximum absolute atomic E-state index is 11.8. The van der Waals surface area contributed by atoms with E-state index >= 15 is 0 Å². The van der Waals surface area contributed by atoms with Crippen LogP contribution in [-0.2, 0) is 9.53 Å². The number of nitrogens with one attached hydrogen (secondary N) is 2. The van der Waals surface area contributed by atoms with Crippen LogP contribution in [0.25, 0.3) is 0 Å². The van der Waals surface area contributed by atoms with Gasteiger partial charge >= 0.3 is 5.97 Å². The molecule has 1 saturated heterocycles. The van der Waals surface area contributed by atoms with Crippen LogP contribution in [0.15, 0.2) is 4.99 Å². The van der Waals surface area contributed by atoms with Crippen molar-refractivity contribution in [1.29, 1.82) is 0 Å². The molecule has 1 aliphatic carbocycles. The minimum atomic E-state index is -0.0591. The molecule has 0 aromatic rings. The standard InChI is InChI=1S/C18H34N4O2.HI/c1-3-22-13-7-8-15(22)14-21-18(19-2)20-12-6-11-17(23)24-16-9-4-5-10-16;/h15-16H,3-14H2,1-2H3,(H2,19,20,21);1H. The van der Waals surface area contributed by atoms with Crippen molar-refractivity contribution in [3.05, 3.63) is 0 Å². The number of ether oxygens (including phenoxy) is 1. The number of hydrogen-bond donors (Lipinski definition) is 2. The van der Waals surface area contributed by atoms with Crippen molar-refractivity contribution in [2.75, 3.05) is 33.2 Å². The van der Waals surface area contributed by atoms with Crippen molar-refractivity contribution in [3.63, 3.8) is 0 Å². The average Bonchev–Trinajstić information content (AvgIpc) is 3.25. The molecule has 0 aromatic heterocycles. The molecule has 2 rings (SSSR count). The van der Waals surface area contributed by atoms with Gasteiger partial charge < -0.3 is 15.4 Å². The van der Waals surface area contributed by atoms with Gasteiger partial charge in [-0.3, -0.25) is 14.7 Å². The first kappa shape index (κ1) is 22.5. The smallest absolute Gasteiger partial charge is 0.306 e. The van der Waals surface area contributed by atoms with Gasteiger partial charge in [0.2, 0.25) is 0 Å². The Hall–Kier alpha value is -0.570. The first-order chi connectivity index (χ1) is 11.7. The van der Waals surface area contributed by atoms with Crippen LogP contribution in [0, 0.1) is 0 Å². The third-order valence-corrected chi connectivity index (χ3v) is 5.08. The monoisotopic (exact) mass is 466 g/mol. The molecule has 0 radical (unpaired) electrons. The number of guanidine groups is 1. The van der Waals surface area contributed by atoms with E-state index in [-0.39, 0.29) is 36.0 Å². The van der Waals surface area contributed by atoms with Gasteiger partial charge in [-0.25, -0.2) is 0 Å². The summed E-state index contributed by atoms with van der Waals surface area (Å²) in [6, 6.07) is 0.606. The molecule has 0 spiro atoms. The van der Waals surface area contributed by atoms with Crippen LogP contribution in [0.5, 0.6) is 0 Å². The van der Waals surface area contributed by atoms with Crippen LogP contribution in [-0.4, -0.2) is 62.2 Å². The molecular weight excluding hydrogens is 431 g/mol. The largest absolute Gasteiger partial charge is 0.462 e. The fourth-order valence-corrected chi connectivity index (χ4v) is 3.67. The predicted octanol–water partition coefficient (Wildman–Crippen LogP) is 2.52. The quantitative estimate of drug-likeness (QED) is 0.189. The number of halogens is 1. The minimum Gasteiger partial charge on any atom is -0.462 e. The number of aliphatic imine (C=N–C) groups is 1. The fraction of sp³-hybridized carbons (Fsp3) is 0.889. The zero-order valence-electron chi connectivity index (χ0n) is 15.8. The van der Waals surface area contributed by atoms with E-state index in [0.29, 0.717) is 12.5 Å². The minimum absolute atomic E-state index is 0. The predicted molar refractivity (Wildman–Crippen MR) is 113 cm³/mol. The number of rotatable bonds is 8. The second-order valence-corrected chi connectivity index (χ2v) is 6.80. The van der Waals surface area contributed by atoms with E-state index in [4.69, 9.17) is 4.74 Å². The highest BCUT2D eigenvalue weighted by atomic mass is 127. The molecule has 25 heavy (non-hydrogen) atoms. The van der Waals surface area contributed by atoms with Gasteiger partial charge in [-0.05, 0) is 58.0 Å². The van der Waals surface area contributed by atoms with Crippen LogP contribution in [0.3, 0.4) is 0 Å². The summed E-state index contributed by atoms with van der Waals surface area (Å²) in [5, 5.41) is 6.69. The third kappa shape index (κ3) is 8.11. The zero-order valence-corrected chi connectivity index (χ0v) is 18.1. The van der Waals surface area contributed by atoms with E-state index in [0.717, 1.165) is 44.9 Å². The van der Waals surface area contributed by atoms with E-state index in [2.05, 4.69) is 27.4 Å². The van der Waals surface area contributed by atoms with Gasteiger partial charge in [-0.1, -0.05) is 6.92 Å². The van der Waals surface area contributed by atoms with Gasteiger partial charge in [0.25, 0.3) is 0 Å². The molecule has 146 valence electrons. The Labute approximate surface area is 169 Å². The SMILES string of the molecule is CCN1CCCC1CNC(=NC)NCCCC(=O)OC1CCCC1.I. The second-order valence-electron chi connectivity index (χ2n) is 6.80. The summed E-state index contributed by atoms with van der Waals surface area (Å²) in [6.45, 7) is 6.20. The lowest BCUT2D eigenvalue weighted by Gasteiger charge is -2.24. The number of esters is 1. The molecule has 0 aromatic carbocycles. The number of carbonyl (C=O) groups is 1. The first-order valence-corrected chi connectivity index (χ1v) is 9.61. The third-order valence-electron chi connectivity index (χ3n) is 5.08. The Kier molecular flexibility index (Phi) is 11.4. The fourth-order valence-electron chi connectivity index (χ4n) is 3.67. The summed E-state index contributed by atoms with van der Waals surface area (Å²) in [7, 11) is 1.79. The molecule has 0 bridgehead atoms. The molecule has 1 atom stereocenters. The van der Waals surface area contributed by atoms with Crippen molar-refractivity contribution >= 4 is 35.9 Å². The first-order valence-electron chi connectivity index (χ1n) is 9.61. The molecule has 1 heterocycles. The van der Waals surface area contributed by atoms with E-state index in [9.17, 15) is 4.79 Å². The molecular formula is C18H35IN4O2. The Morgan fingerprint density at radius 3 is 2.64 bits per heavy atom. The van der Waals surface area contributed by atoms with E-state index in [1.807, 2.05) is 0 Å². The van der Waals surface area contributed by atoms with Gasteiger partial charge in [0.15, 0.2) is 5.96 Å². The van der Waals surface area contributed by atoms with Crippen LogP contribution in [0.1, 0.15) is 58.3 Å². The maximum Gasteiger partial charge on any atom is 0.306 e. The summed E-state index contributed by atoms with van der Waals surface area (Å²) in [5.41, 5.74) is 0. The zero-order chi connectivity index (χ0) is 17.2. The number of nitrogens with zero attached hydrogens (tertiary/aromatic N) is 2. The van der Waals surface area contributed by atoms with Gasteiger partial charge in [0.1, 0.15) is 6.10 Å². The molecule has 0 amide bonds. The van der Waals surface area contributed by atoms with Gasteiger partial charge in [-0.2, -0.15) is 0 Å². The van der Waals surface area contributed by atoms with E-state index in [1.165, 1.54) is 32.2 Å². The van der Waals surface area contributed by atoms with Crippen molar-refractivity contribution in [2.24, 2.45) is 4.99 Å². The van der Waals surface area contributed by atoms with Crippen LogP contribution < -0.4 is 10.6 Å². The van der Waals surface area contributed by atoms with Crippen molar-refractivity contribution < 1.29 is 9.53 Å². The van der Waals surface area contributed by atoms with E-state index in [1.54, 1.807) is 7.05 Å². The Balaban J connectivity index is 0.00000312. The molecule has 1 unspecified atom stereocenters. The Bertz CT molecular complexity index is 414. The number of likely N-dealkylation sites (tertiary alicyclic amines) is 1.